The highest BCUT2D eigenvalue weighted by molar-refractivity contribution is 9.10. The van der Waals surface area contributed by atoms with Crippen molar-refractivity contribution in [1.29, 1.82) is 0 Å². The third kappa shape index (κ3) is 1.95. The van der Waals surface area contributed by atoms with E-state index < -0.39 is 0 Å². The summed E-state index contributed by atoms with van der Waals surface area (Å²) in [6.45, 7) is 7.03. The van der Waals surface area contributed by atoms with E-state index in [0.29, 0.717) is 0 Å². The standard InChI is InChI=1S/C9H9BrN2/c1-3-12(11-2)9-6-4-8(10)5-7-9/h3-7H,1-2H2. The highest BCUT2D eigenvalue weighted by Crippen LogP contribution is 2.18. The summed E-state index contributed by atoms with van der Waals surface area (Å²) >= 11 is 3.35. The van der Waals surface area contributed by atoms with Gasteiger partial charge in [0.25, 0.3) is 0 Å². The van der Waals surface area contributed by atoms with Crippen molar-refractivity contribution in [3.63, 3.8) is 0 Å². The highest BCUT2D eigenvalue weighted by atomic mass is 79.9. The molecule has 0 saturated heterocycles. The molecule has 3 heteroatoms. The molecule has 0 unspecified atom stereocenters. The van der Waals surface area contributed by atoms with Gasteiger partial charge in [-0.3, -0.25) is 0 Å². The summed E-state index contributed by atoms with van der Waals surface area (Å²) in [4.78, 5) is 0. The van der Waals surface area contributed by atoms with E-state index in [1.807, 2.05) is 24.3 Å². The van der Waals surface area contributed by atoms with Crippen molar-refractivity contribution in [2.45, 2.75) is 0 Å². The zero-order chi connectivity index (χ0) is 8.97. The van der Waals surface area contributed by atoms with E-state index in [-0.39, 0.29) is 0 Å². The van der Waals surface area contributed by atoms with E-state index in [1.165, 1.54) is 0 Å². The van der Waals surface area contributed by atoms with Crippen LogP contribution in [0.25, 0.3) is 0 Å². The minimum atomic E-state index is 0.947. The van der Waals surface area contributed by atoms with E-state index in [4.69, 9.17) is 0 Å². The molecule has 1 rings (SSSR count). The highest BCUT2D eigenvalue weighted by Gasteiger charge is 1.97. The van der Waals surface area contributed by atoms with Crippen molar-refractivity contribution in [2.75, 3.05) is 5.01 Å². The molecule has 2 nitrogen and oxygen atoms in total. The summed E-state index contributed by atoms with van der Waals surface area (Å²) < 4.78 is 1.04. The van der Waals surface area contributed by atoms with Crippen LogP contribution >= 0.6 is 15.9 Å². The van der Waals surface area contributed by atoms with Crippen LogP contribution in [0, 0.1) is 0 Å². The number of anilines is 1. The second kappa shape index (κ2) is 4.07. The molecule has 0 fully saturated rings. The lowest BCUT2D eigenvalue weighted by Gasteiger charge is -2.12. The third-order valence-electron chi connectivity index (χ3n) is 1.42. The normalized spacial score (nSPS) is 9.08. The van der Waals surface area contributed by atoms with Gasteiger partial charge in [-0.05, 0) is 24.3 Å². The summed E-state index contributed by atoms with van der Waals surface area (Å²) in [5.74, 6) is 0. The first-order valence-electron chi connectivity index (χ1n) is 3.42. The van der Waals surface area contributed by atoms with Gasteiger partial charge in [0, 0.05) is 17.4 Å². The zero-order valence-corrected chi connectivity index (χ0v) is 8.16. The zero-order valence-electron chi connectivity index (χ0n) is 6.57. The molecule has 0 radical (unpaired) electrons. The van der Waals surface area contributed by atoms with Crippen molar-refractivity contribution in [3.8, 4) is 0 Å². The second-order valence-corrected chi connectivity index (χ2v) is 3.06. The minimum Gasteiger partial charge on any atom is -0.242 e. The van der Waals surface area contributed by atoms with Crippen LogP contribution in [-0.4, -0.2) is 6.72 Å². The Bertz CT molecular complexity index is 271. The number of rotatable bonds is 3. The summed E-state index contributed by atoms with van der Waals surface area (Å²) in [5.41, 5.74) is 0.947. The van der Waals surface area contributed by atoms with Crippen molar-refractivity contribution < 1.29 is 0 Å². The Balaban J connectivity index is 2.94. The van der Waals surface area contributed by atoms with Gasteiger partial charge in [-0.1, -0.05) is 22.5 Å². The Labute approximate surface area is 80.3 Å². The van der Waals surface area contributed by atoms with Gasteiger partial charge in [-0.15, -0.1) is 0 Å². The van der Waals surface area contributed by atoms with Crippen molar-refractivity contribution >= 4 is 28.3 Å². The molecular weight excluding hydrogens is 216 g/mol. The SMILES string of the molecule is C=CN(N=C)c1ccc(Br)cc1. The molecule has 62 valence electrons. The number of halogens is 1. The maximum Gasteiger partial charge on any atom is 0.0645 e. The van der Waals surface area contributed by atoms with Crippen LogP contribution in [0.1, 0.15) is 0 Å². The first kappa shape index (κ1) is 9.00. The summed E-state index contributed by atoms with van der Waals surface area (Å²) in [6.07, 6.45) is 1.61. The molecular formula is C9H9BrN2. The molecule has 0 spiro atoms. The van der Waals surface area contributed by atoms with E-state index >= 15 is 0 Å². The van der Waals surface area contributed by atoms with Gasteiger partial charge in [0.2, 0.25) is 0 Å². The van der Waals surface area contributed by atoms with Gasteiger partial charge in [-0.2, -0.15) is 5.10 Å². The lowest BCUT2D eigenvalue weighted by molar-refractivity contribution is 1.09. The number of benzene rings is 1. The molecule has 0 aliphatic rings. The topological polar surface area (TPSA) is 15.6 Å². The third-order valence-corrected chi connectivity index (χ3v) is 1.95. The first-order valence-corrected chi connectivity index (χ1v) is 4.21. The summed E-state index contributed by atoms with van der Waals surface area (Å²) in [5, 5.41) is 5.36. The number of hydrogen-bond acceptors (Lipinski definition) is 2. The monoisotopic (exact) mass is 224 g/mol. The summed E-state index contributed by atoms with van der Waals surface area (Å²) in [6, 6.07) is 7.74. The fourth-order valence-electron chi connectivity index (χ4n) is 0.839. The Hall–Kier alpha value is -1.09. The van der Waals surface area contributed by atoms with Crippen LogP contribution in [-0.2, 0) is 0 Å². The van der Waals surface area contributed by atoms with Gasteiger partial charge in [0.05, 0.1) is 5.69 Å². The Kier molecular flexibility index (Phi) is 3.05. The molecule has 12 heavy (non-hydrogen) atoms. The van der Waals surface area contributed by atoms with E-state index in [0.717, 1.165) is 10.2 Å². The molecule has 0 aliphatic heterocycles. The van der Waals surface area contributed by atoms with Crippen LogP contribution in [0.15, 0.2) is 46.6 Å². The fraction of sp³-hybridized carbons (Fsp3) is 0. The second-order valence-electron chi connectivity index (χ2n) is 2.14. The molecule has 1 aromatic carbocycles. The van der Waals surface area contributed by atoms with Crippen LogP contribution < -0.4 is 5.01 Å². The molecule has 0 saturated carbocycles. The lowest BCUT2D eigenvalue weighted by Crippen LogP contribution is -2.04. The molecule has 0 aliphatic carbocycles. The predicted molar refractivity (Wildman–Crippen MR) is 56.4 cm³/mol. The number of hydrazone groups is 1. The molecule has 0 heterocycles. The van der Waals surface area contributed by atoms with Crippen LogP contribution in [0.4, 0.5) is 5.69 Å². The molecule has 0 aromatic heterocycles. The van der Waals surface area contributed by atoms with Crippen molar-refractivity contribution in [3.05, 3.63) is 41.5 Å². The lowest BCUT2D eigenvalue weighted by atomic mass is 10.3. The Morgan fingerprint density at radius 3 is 2.33 bits per heavy atom. The van der Waals surface area contributed by atoms with Crippen LogP contribution in [0.3, 0.4) is 0 Å². The van der Waals surface area contributed by atoms with Gasteiger partial charge in [0.1, 0.15) is 0 Å². The first-order chi connectivity index (χ1) is 5.77. The molecule has 0 bridgehead atoms. The van der Waals surface area contributed by atoms with E-state index in [1.54, 1.807) is 11.2 Å². The maximum atomic E-state index is 3.76. The maximum absolute atomic E-state index is 3.76. The van der Waals surface area contributed by atoms with E-state index in [9.17, 15) is 0 Å². The number of nitrogens with zero attached hydrogens (tertiary/aromatic N) is 2. The fourth-order valence-corrected chi connectivity index (χ4v) is 1.10. The Morgan fingerprint density at radius 1 is 1.33 bits per heavy atom. The average Bonchev–Trinajstić information content (AvgIpc) is 2.10. The van der Waals surface area contributed by atoms with Gasteiger partial charge >= 0.3 is 0 Å². The molecule has 1 aromatic rings. The predicted octanol–water partition coefficient (Wildman–Crippen LogP) is 3.01. The van der Waals surface area contributed by atoms with E-state index in [2.05, 4.69) is 34.3 Å². The van der Waals surface area contributed by atoms with Gasteiger partial charge < -0.3 is 0 Å². The van der Waals surface area contributed by atoms with Crippen LogP contribution in [0.2, 0.25) is 0 Å². The van der Waals surface area contributed by atoms with Gasteiger partial charge in [-0.25, -0.2) is 5.01 Å². The molecule has 0 atom stereocenters. The van der Waals surface area contributed by atoms with Crippen molar-refractivity contribution in [1.82, 2.24) is 0 Å². The molecule has 0 amide bonds. The Morgan fingerprint density at radius 2 is 1.92 bits per heavy atom. The van der Waals surface area contributed by atoms with Gasteiger partial charge in [0.15, 0.2) is 0 Å². The summed E-state index contributed by atoms with van der Waals surface area (Å²) in [7, 11) is 0. The molecule has 0 N–H and O–H groups in total. The minimum absolute atomic E-state index is 0.947. The smallest absolute Gasteiger partial charge is 0.0645 e. The average molecular weight is 225 g/mol. The quantitative estimate of drug-likeness (QED) is 0.570. The van der Waals surface area contributed by atoms with Crippen LogP contribution in [0.5, 0.6) is 0 Å². The number of hydrogen-bond donors (Lipinski definition) is 0. The largest absolute Gasteiger partial charge is 0.242 e. The van der Waals surface area contributed by atoms with Crippen molar-refractivity contribution in [2.24, 2.45) is 5.10 Å².